The van der Waals surface area contributed by atoms with Crippen LogP contribution in [0.3, 0.4) is 0 Å². The fourth-order valence-electron chi connectivity index (χ4n) is 3.26. The highest BCUT2D eigenvalue weighted by molar-refractivity contribution is 5.96. The second-order valence-electron chi connectivity index (χ2n) is 8.58. The minimum Gasteiger partial charge on any atom is -0.508 e. The van der Waals surface area contributed by atoms with Crippen LogP contribution in [0.2, 0.25) is 0 Å². The van der Waals surface area contributed by atoms with Crippen molar-refractivity contribution in [3.8, 4) is 5.75 Å². The Hall–Kier alpha value is -4.20. The van der Waals surface area contributed by atoms with Crippen molar-refractivity contribution in [2.24, 2.45) is 17.4 Å². The Morgan fingerprint density at radius 3 is 1.92 bits per heavy atom. The van der Waals surface area contributed by atoms with Crippen molar-refractivity contribution in [1.29, 1.82) is 0 Å². The Balaban J connectivity index is 3.05. The lowest BCUT2D eigenvalue weighted by Crippen LogP contribution is -2.59. The van der Waals surface area contributed by atoms with Crippen molar-refractivity contribution in [3.05, 3.63) is 29.8 Å². The number of benzene rings is 1. The minimum atomic E-state index is -1.56. The van der Waals surface area contributed by atoms with Gasteiger partial charge < -0.3 is 42.7 Å². The zero-order chi connectivity index (χ0) is 28.3. The summed E-state index contributed by atoms with van der Waals surface area (Å²) in [5, 5.41) is 34.8. The van der Waals surface area contributed by atoms with Gasteiger partial charge in [-0.3, -0.25) is 24.0 Å². The number of aliphatic carboxylic acids is 2. The van der Waals surface area contributed by atoms with Crippen LogP contribution in [0.1, 0.15) is 38.7 Å². The van der Waals surface area contributed by atoms with E-state index in [2.05, 4.69) is 16.0 Å². The average molecular weight is 524 g/mol. The monoisotopic (exact) mass is 523 g/mol. The molecule has 37 heavy (non-hydrogen) atoms. The molecule has 14 heteroatoms. The fraction of sp³-hybridized carbons (Fsp3) is 0.478. The van der Waals surface area contributed by atoms with Gasteiger partial charge >= 0.3 is 11.9 Å². The van der Waals surface area contributed by atoms with Gasteiger partial charge in [-0.15, -0.1) is 0 Å². The Morgan fingerprint density at radius 2 is 1.43 bits per heavy atom. The summed E-state index contributed by atoms with van der Waals surface area (Å²) < 4.78 is 0. The third kappa shape index (κ3) is 10.5. The van der Waals surface area contributed by atoms with Gasteiger partial charge in [-0.1, -0.05) is 32.4 Å². The van der Waals surface area contributed by atoms with Gasteiger partial charge in [-0.25, -0.2) is 4.79 Å². The number of nitrogens with two attached hydrogens (primary N) is 2. The summed E-state index contributed by atoms with van der Waals surface area (Å²) in [5.74, 6) is -6.97. The molecule has 0 saturated heterocycles. The van der Waals surface area contributed by atoms with Gasteiger partial charge in [0, 0.05) is 6.42 Å². The molecule has 1 aromatic carbocycles. The maximum Gasteiger partial charge on any atom is 0.326 e. The Labute approximate surface area is 212 Å². The van der Waals surface area contributed by atoms with E-state index in [1.807, 2.05) is 0 Å². The highest BCUT2D eigenvalue weighted by Gasteiger charge is 2.33. The van der Waals surface area contributed by atoms with Crippen LogP contribution in [0.5, 0.6) is 5.75 Å². The smallest absolute Gasteiger partial charge is 0.326 e. The molecule has 10 N–H and O–H groups in total. The second-order valence-corrected chi connectivity index (χ2v) is 8.58. The summed E-state index contributed by atoms with van der Waals surface area (Å²) in [7, 11) is 0. The van der Waals surface area contributed by atoms with Crippen LogP contribution in [0.25, 0.3) is 0 Å². The van der Waals surface area contributed by atoms with Crippen molar-refractivity contribution >= 4 is 35.6 Å². The van der Waals surface area contributed by atoms with Gasteiger partial charge in [-0.2, -0.15) is 0 Å². The van der Waals surface area contributed by atoms with Gasteiger partial charge in [0.2, 0.25) is 23.6 Å². The highest BCUT2D eigenvalue weighted by Crippen LogP contribution is 2.13. The molecule has 5 atom stereocenters. The third-order valence-corrected chi connectivity index (χ3v) is 5.55. The van der Waals surface area contributed by atoms with Crippen molar-refractivity contribution < 1.29 is 44.1 Å². The van der Waals surface area contributed by atoms with Gasteiger partial charge in [0.25, 0.3) is 0 Å². The molecule has 5 unspecified atom stereocenters. The Kier molecular flexibility index (Phi) is 12.0. The molecule has 0 bridgehead atoms. The molecule has 0 fully saturated rings. The first-order valence-corrected chi connectivity index (χ1v) is 11.4. The van der Waals surface area contributed by atoms with Crippen LogP contribution in [0, 0.1) is 5.92 Å². The maximum absolute atomic E-state index is 13.0. The zero-order valence-corrected chi connectivity index (χ0v) is 20.5. The van der Waals surface area contributed by atoms with Crippen molar-refractivity contribution in [3.63, 3.8) is 0 Å². The second kappa shape index (κ2) is 14.4. The molecule has 0 saturated carbocycles. The number of amides is 4. The number of carboxylic acid groups (broad SMARTS) is 2. The van der Waals surface area contributed by atoms with Crippen LogP contribution >= 0.6 is 0 Å². The van der Waals surface area contributed by atoms with E-state index in [-0.39, 0.29) is 12.2 Å². The fourth-order valence-corrected chi connectivity index (χ4v) is 3.26. The Morgan fingerprint density at radius 1 is 0.865 bits per heavy atom. The molecule has 0 aromatic heterocycles. The predicted octanol–water partition coefficient (Wildman–Crippen LogP) is -1.80. The Bertz CT molecular complexity index is 999. The van der Waals surface area contributed by atoms with E-state index in [1.165, 1.54) is 24.3 Å². The quantitative estimate of drug-likeness (QED) is 0.128. The average Bonchev–Trinajstić information content (AvgIpc) is 2.81. The van der Waals surface area contributed by atoms with E-state index in [0.29, 0.717) is 12.0 Å². The first-order chi connectivity index (χ1) is 17.2. The van der Waals surface area contributed by atoms with Crippen LogP contribution in [-0.2, 0) is 35.2 Å². The van der Waals surface area contributed by atoms with E-state index in [4.69, 9.17) is 16.6 Å². The van der Waals surface area contributed by atoms with Gasteiger partial charge in [0.15, 0.2) is 0 Å². The molecular weight excluding hydrogens is 490 g/mol. The minimum absolute atomic E-state index is 0.0132. The number of phenolic OH excluding ortho intramolecular Hbond substituents is 1. The molecule has 0 aliphatic heterocycles. The summed E-state index contributed by atoms with van der Waals surface area (Å²) in [5.41, 5.74) is 11.2. The van der Waals surface area contributed by atoms with Crippen LogP contribution in [0.15, 0.2) is 24.3 Å². The normalized spacial score (nSPS) is 14.8. The van der Waals surface area contributed by atoms with E-state index in [0.717, 1.165) is 0 Å². The first kappa shape index (κ1) is 30.8. The van der Waals surface area contributed by atoms with Crippen LogP contribution in [-0.4, -0.2) is 75.1 Å². The number of primary amides is 1. The number of carbonyl (C=O) groups excluding carboxylic acids is 4. The lowest BCUT2D eigenvalue weighted by Gasteiger charge is -2.27. The number of carbonyl (C=O) groups is 6. The van der Waals surface area contributed by atoms with Crippen molar-refractivity contribution in [2.45, 2.75) is 63.7 Å². The molecule has 14 nitrogen and oxygen atoms in total. The molecule has 1 aromatic rings. The highest BCUT2D eigenvalue weighted by atomic mass is 16.4. The number of phenols is 1. The summed E-state index contributed by atoms with van der Waals surface area (Å²) >= 11 is 0. The molecule has 1 rings (SSSR count). The van der Waals surface area contributed by atoms with Crippen molar-refractivity contribution in [2.75, 3.05) is 0 Å². The number of carboxylic acids is 2. The molecule has 0 heterocycles. The lowest BCUT2D eigenvalue weighted by molar-refractivity contribution is -0.142. The topological polar surface area (TPSA) is 251 Å². The molecule has 0 aliphatic rings. The van der Waals surface area contributed by atoms with E-state index < -0.39 is 78.5 Å². The standard InChI is InChI=1S/C23H33N5O9/c1-3-11(2)19(22(35)27-16(23(36)37)8-12-4-6-13(29)7-5-12)28-21(34)15(10-17(25)30)26-20(33)14(24)9-18(31)32/h4-7,11,14-16,19,29H,3,8-10,24H2,1-2H3,(H2,25,30)(H,26,33)(H,27,35)(H,28,34)(H,31,32)(H,36,37). The van der Waals surface area contributed by atoms with E-state index >= 15 is 0 Å². The molecule has 0 spiro atoms. The number of hydrogen-bond acceptors (Lipinski definition) is 8. The molecule has 204 valence electrons. The number of aromatic hydroxyl groups is 1. The summed E-state index contributed by atoms with van der Waals surface area (Å²) in [6.07, 6.45) is -1.11. The summed E-state index contributed by atoms with van der Waals surface area (Å²) in [4.78, 5) is 72.2. The van der Waals surface area contributed by atoms with Gasteiger partial charge in [-0.05, 0) is 23.6 Å². The zero-order valence-electron chi connectivity index (χ0n) is 20.5. The summed E-state index contributed by atoms with van der Waals surface area (Å²) in [6, 6.07) is 0.0492. The SMILES string of the molecule is CCC(C)C(NC(=O)C(CC(N)=O)NC(=O)C(N)CC(=O)O)C(=O)NC(Cc1ccc(O)cc1)C(=O)O. The summed E-state index contributed by atoms with van der Waals surface area (Å²) in [6.45, 7) is 3.36. The largest absolute Gasteiger partial charge is 0.508 e. The predicted molar refractivity (Wildman–Crippen MR) is 129 cm³/mol. The number of rotatable bonds is 15. The van der Waals surface area contributed by atoms with Crippen molar-refractivity contribution in [1.82, 2.24) is 16.0 Å². The molecule has 0 aliphatic carbocycles. The molecule has 4 amide bonds. The van der Waals surface area contributed by atoms with E-state index in [1.54, 1.807) is 13.8 Å². The number of hydrogen-bond donors (Lipinski definition) is 8. The lowest BCUT2D eigenvalue weighted by atomic mass is 9.96. The van der Waals surface area contributed by atoms with E-state index in [9.17, 15) is 39.0 Å². The van der Waals surface area contributed by atoms with Gasteiger partial charge in [0.1, 0.15) is 23.9 Å². The van der Waals surface area contributed by atoms with Gasteiger partial charge in [0.05, 0.1) is 18.9 Å². The maximum atomic E-state index is 13.0. The molecule has 0 radical (unpaired) electrons. The third-order valence-electron chi connectivity index (χ3n) is 5.55. The van der Waals surface area contributed by atoms with Crippen LogP contribution < -0.4 is 27.4 Å². The first-order valence-electron chi connectivity index (χ1n) is 11.4. The van der Waals surface area contributed by atoms with Crippen LogP contribution in [0.4, 0.5) is 0 Å². The number of nitrogens with one attached hydrogen (secondary N) is 3. The molecular formula is C23H33N5O9.